The van der Waals surface area contributed by atoms with Gasteiger partial charge in [0.15, 0.2) is 11.6 Å². The van der Waals surface area contributed by atoms with Gasteiger partial charge in [-0.15, -0.1) is 19.3 Å². The van der Waals surface area contributed by atoms with Crippen LogP contribution in [0.3, 0.4) is 0 Å². The van der Waals surface area contributed by atoms with E-state index in [1.807, 2.05) is 9.80 Å². The molecule has 8 aliphatic heterocycles. The van der Waals surface area contributed by atoms with Gasteiger partial charge in [-0.1, -0.05) is 23.8 Å². The number of phenolic OH excluding ortho intramolecular Hbond substituents is 2. The molecule has 8 aromatic rings. The summed E-state index contributed by atoms with van der Waals surface area (Å²) in [7, 11) is 0. The van der Waals surface area contributed by atoms with E-state index in [1.165, 1.54) is 54.9 Å². The van der Waals surface area contributed by atoms with E-state index in [-0.39, 0.29) is 152 Å². The number of fused-ring (bicyclic) bond motifs is 10. The summed E-state index contributed by atoms with van der Waals surface area (Å²) in [5.74, 6) is 4.45. The third kappa shape index (κ3) is 9.94. The number of nitriles is 1. The topological polar surface area (TPSA) is 179 Å². The van der Waals surface area contributed by atoms with Crippen molar-refractivity contribution < 1.29 is 46.0 Å². The Bertz CT molecular complexity index is 4680. The van der Waals surface area contributed by atoms with Gasteiger partial charge in [0.05, 0.1) is 45.6 Å². The van der Waals surface area contributed by atoms with Gasteiger partial charge in [0.1, 0.15) is 82.7 Å². The monoisotopic (exact) mass is 1290 g/mol. The van der Waals surface area contributed by atoms with Crippen molar-refractivity contribution in [1.82, 2.24) is 49.5 Å². The average Bonchev–Trinajstić information content (AvgIpc) is 1.68. The zero-order chi connectivity index (χ0) is 65.3. The highest BCUT2D eigenvalue weighted by Crippen LogP contribution is 2.53. The van der Waals surface area contributed by atoms with Crippen LogP contribution in [0.5, 0.6) is 23.5 Å². The highest BCUT2D eigenvalue weighted by atomic mass is 19.2. The summed E-state index contributed by atoms with van der Waals surface area (Å²) in [5, 5.41) is 33.6. The van der Waals surface area contributed by atoms with Crippen molar-refractivity contribution >= 4 is 55.0 Å². The molecule has 0 aliphatic carbocycles. The molecule has 0 saturated carbocycles. The summed E-state index contributed by atoms with van der Waals surface area (Å²) >= 11 is 0. The molecule has 4 bridgehead atoms. The van der Waals surface area contributed by atoms with Gasteiger partial charge in [0.2, 0.25) is 0 Å². The standard InChI is InChI=1S/C72H65F6N13O4/c1-4-19-89-42-10-11-43(89)34-86(33-42)67-55-30-81-64(62(78)66(55)82-69(84-67)94-37-71-16-7-20-88(71)31-40(73)27-71)53-25-47(93)23-51-50(26-57(76)49(6-3)60(51)53)58-15-17-72(28-41(74)32-91(58)72)38-95-70-83-65-54(68(85-70)87-35-44-12-13-45(36-87)90(44)21-8-18-79)29-80-63(61(65)77)52-24-46(92)22-39-9-14-56(75)48(5-2)59(39)52/h1-3,9,14,22-26,29-30,40-45,58,92-93H,7-8,10-13,15-17,19-21,27-28,31-38H2/t40-,41-,42?,43?,44?,45?,58?,71+,72+/m1/s1. The summed E-state index contributed by atoms with van der Waals surface area (Å²) < 4.78 is 113. The van der Waals surface area contributed by atoms with Crippen LogP contribution in [0.15, 0.2) is 54.9 Å². The van der Waals surface area contributed by atoms with Gasteiger partial charge in [-0.3, -0.25) is 29.6 Å². The Balaban J connectivity index is 0.765. The summed E-state index contributed by atoms with van der Waals surface area (Å²) in [4.78, 5) is 41.5. The molecule has 5 unspecified atom stereocenters. The van der Waals surface area contributed by atoms with Crippen LogP contribution in [0.2, 0.25) is 0 Å². The van der Waals surface area contributed by atoms with E-state index in [4.69, 9.17) is 53.7 Å². The van der Waals surface area contributed by atoms with Crippen molar-refractivity contribution in [1.29, 1.82) is 5.26 Å². The fraction of sp³-hybridized carbons (Fsp3) is 0.431. The molecule has 12 heterocycles. The van der Waals surface area contributed by atoms with Crippen molar-refractivity contribution in [3.8, 4) is 89.1 Å². The second-order valence-corrected chi connectivity index (χ2v) is 27.1. The number of pyridine rings is 2. The summed E-state index contributed by atoms with van der Waals surface area (Å²) in [5.41, 5.74) is -2.57. The van der Waals surface area contributed by atoms with Crippen molar-refractivity contribution in [3.05, 3.63) is 94.8 Å². The molecule has 17 nitrogen and oxygen atoms in total. The number of anilines is 2. The number of aromatic nitrogens is 6. The van der Waals surface area contributed by atoms with Crippen molar-refractivity contribution in [2.75, 3.05) is 81.9 Å². The molecule has 0 radical (unpaired) electrons. The molecular weight excluding hydrogens is 1220 g/mol. The van der Waals surface area contributed by atoms with Crippen LogP contribution in [-0.4, -0.2) is 179 Å². The molecule has 484 valence electrons. The second kappa shape index (κ2) is 23.3. The molecule has 8 fully saturated rings. The molecule has 4 aromatic heterocycles. The number of ether oxygens (including phenoxy) is 2. The number of alkyl halides is 2. The number of nitrogens with zero attached hydrogens (tertiary/aromatic N) is 13. The first-order valence-corrected chi connectivity index (χ1v) is 32.5. The lowest BCUT2D eigenvalue weighted by atomic mass is 9.89. The first kappa shape index (κ1) is 60.7. The summed E-state index contributed by atoms with van der Waals surface area (Å²) in [6, 6.07) is 10.8. The molecule has 9 atom stereocenters. The third-order valence-corrected chi connectivity index (χ3v) is 21.9. The van der Waals surface area contributed by atoms with Gasteiger partial charge in [0, 0.05) is 130 Å². The van der Waals surface area contributed by atoms with E-state index >= 15 is 26.3 Å². The molecule has 16 rings (SSSR count). The molecule has 0 spiro atoms. The second-order valence-electron chi connectivity index (χ2n) is 27.1. The third-order valence-electron chi connectivity index (χ3n) is 21.9. The number of hydrogen-bond acceptors (Lipinski definition) is 17. The molecule has 8 saturated heterocycles. The van der Waals surface area contributed by atoms with E-state index in [1.54, 1.807) is 0 Å². The van der Waals surface area contributed by atoms with Gasteiger partial charge < -0.3 is 29.5 Å². The van der Waals surface area contributed by atoms with Crippen LogP contribution in [0.1, 0.15) is 93.4 Å². The maximum atomic E-state index is 18.2. The molecule has 8 aliphatic rings. The van der Waals surface area contributed by atoms with E-state index in [9.17, 15) is 15.5 Å². The lowest BCUT2D eigenvalue weighted by molar-refractivity contribution is 0.0847. The fourth-order valence-corrected chi connectivity index (χ4v) is 17.8. The highest BCUT2D eigenvalue weighted by Gasteiger charge is 2.55. The number of aromatic hydroxyl groups is 2. The zero-order valence-corrected chi connectivity index (χ0v) is 51.8. The summed E-state index contributed by atoms with van der Waals surface area (Å²) in [6.07, 6.45) is 24.8. The fourth-order valence-electron chi connectivity index (χ4n) is 17.8. The molecule has 23 heteroatoms. The highest BCUT2D eigenvalue weighted by molar-refractivity contribution is 6.05. The Kier molecular flexibility index (Phi) is 14.9. The van der Waals surface area contributed by atoms with E-state index < -0.39 is 52.7 Å². The first-order valence-electron chi connectivity index (χ1n) is 32.5. The van der Waals surface area contributed by atoms with Gasteiger partial charge in [0.25, 0.3) is 0 Å². The maximum absolute atomic E-state index is 18.2. The zero-order valence-electron chi connectivity index (χ0n) is 51.8. The lowest BCUT2D eigenvalue weighted by Gasteiger charge is -2.41. The molecular formula is C72H65F6N13O4. The number of rotatable bonds is 14. The Morgan fingerprint density at radius 1 is 0.621 bits per heavy atom. The number of halogens is 6. The first-order chi connectivity index (χ1) is 46.1. The minimum atomic E-state index is -1.39. The number of hydrogen-bond donors (Lipinski definition) is 2. The molecule has 2 N–H and O–H groups in total. The number of phenols is 2. The lowest BCUT2D eigenvalue weighted by Crippen LogP contribution is -2.54. The van der Waals surface area contributed by atoms with E-state index in [0.717, 1.165) is 45.1 Å². The Morgan fingerprint density at radius 3 is 1.80 bits per heavy atom. The SMILES string of the molecule is C#CCN1C2CCC1CN(c1nc(OC[C@@]34CCCN3C[C@H](F)C4)nc3c(F)c(-c4cc(O)cc5c(C6CC[C@@]7(COc8nc(N9CC%10CCC(C9)N%10CCC#N)c9cnc(-c%10cc(O)cc%11ccc(F)c(C#C)c%10%11)c(F)c9n8)C[C@@H](F)CN67)cc(F)c(C#C)c45)ncc13)C2. The number of piperazine rings is 2. The molecule has 95 heavy (non-hydrogen) atoms. The Labute approximate surface area is 543 Å². The Morgan fingerprint density at radius 2 is 1.19 bits per heavy atom. The Hall–Kier alpha value is -9.23. The minimum absolute atomic E-state index is 0.0162. The van der Waals surface area contributed by atoms with Crippen LogP contribution in [0.25, 0.3) is 65.9 Å². The number of benzene rings is 4. The minimum Gasteiger partial charge on any atom is -0.508 e. The van der Waals surface area contributed by atoms with Crippen molar-refractivity contribution in [2.45, 2.75) is 124 Å². The quantitative estimate of drug-likeness (QED) is 0.0775. The van der Waals surface area contributed by atoms with Gasteiger partial charge >= 0.3 is 12.0 Å². The number of terminal acetylenes is 3. The predicted molar refractivity (Wildman–Crippen MR) is 345 cm³/mol. The van der Waals surface area contributed by atoms with Crippen LogP contribution < -0.4 is 19.3 Å². The molecule has 0 amide bonds. The van der Waals surface area contributed by atoms with Crippen LogP contribution in [-0.2, 0) is 0 Å². The normalized spacial score (nSPS) is 26.6. The van der Waals surface area contributed by atoms with E-state index in [2.05, 4.69) is 48.4 Å². The average molecular weight is 1290 g/mol. The maximum Gasteiger partial charge on any atom is 0.319 e. The smallest absolute Gasteiger partial charge is 0.319 e. The van der Waals surface area contributed by atoms with Crippen LogP contribution in [0.4, 0.5) is 38.0 Å². The van der Waals surface area contributed by atoms with Crippen molar-refractivity contribution in [3.63, 3.8) is 0 Å². The summed E-state index contributed by atoms with van der Waals surface area (Å²) in [6.45, 7) is 3.92. The predicted octanol–water partition coefficient (Wildman–Crippen LogP) is 10.4. The molecule has 4 aromatic carbocycles. The van der Waals surface area contributed by atoms with Crippen molar-refractivity contribution in [2.24, 2.45) is 0 Å². The van der Waals surface area contributed by atoms with Gasteiger partial charge in [-0.2, -0.15) is 25.2 Å². The van der Waals surface area contributed by atoms with Crippen LogP contribution in [0, 0.1) is 71.6 Å². The van der Waals surface area contributed by atoms with E-state index in [0.29, 0.717) is 87.7 Å². The largest absolute Gasteiger partial charge is 0.508 e. The van der Waals surface area contributed by atoms with Gasteiger partial charge in [-0.25, -0.2) is 26.3 Å². The van der Waals surface area contributed by atoms with Crippen LogP contribution >= 0.6 is 0 Å². The van der Waals surface area contributed by atoms with Gasteiger partial charge in [-0.05, 0) is 111 Å².